The van der Waals surface area contributed by atoms with Gasteiger partial charge in [0.25, 0.3) is 0 Å². The molecule has 1 N–H and O–H groups in total. The maximum atomic E-state index is 11.1. The van der Waals surface area contributed by atoms with Crippen LogP contribution in [0.25, 0.3) is 0 Å². The van der Waals surface area contributed by atoms with E-state index in [9.17, 15) is 4.79 Å². The van der Waals surface area contributed by atoms with Crippen molar-refractivity contribution in [3.63, 3.8) is 0 Å². The van der Waals surface area contributed by atoms with E-state index in [1.807, 2.05) is 11.8 Å². The van der Waals surface area contributed by atoms with E-state index < -0.39 is 5.97 Å². The maximum Gasteiger partial charge on any atom is 0.341 e. The molecule has 5 nitrogen and oxygen atoms in total. The molecule has 0 radical (unpaired) electrons. The number of nitrogens with zero attached hydrogens (tertiary/aromatic N) is 3. The highest BCUT2D eigenvalue weighted by Crippen LogP contribution is 2.24. The highest BCUT2D eigenvalue weighted by atomic mass is 32.2. The first-order valence-electron chi connectivity index (χ1n) is 5.70. The Labute approximate surface area is 104 Å². The van der Waals surface area contributed by atoms with E-state index in [1.54, 1.807) is 0 Å². The van der Waals surface area contributed by atoms with Gasteiger partial charge in [0.05, 0.1) is 0 Å². The molecule has 0 spiro atoms. The highest BCUT2D eigenvalue weighted by molar-refractivity contribution is 7.99. The lowest BCUT2D eigenvalue weighted by molar-refractivity contribution is 0.0696. The molecule has 2 rings (SSSR count). The smallest absolute Gasteiger partial charge is 0.341 e. The monoisotopic (exact) mass is 253 g/mol. The minimum atomic E-state index is -0.958. The van der Waals surface area contributed by atoms with Crippen molar-refractivity contribution in [2.24, 2.45) is 0 Å². The van der Waals surface area contributed by atoms with E-state index in [4.69, 9.17) is 5.11 Å². The molecule has 1 aliphatic heterocycles. The summed E-state index contributed by atoms with van der Waals surface area (Å²) in [5.41, 5.74) is 0.201. The van der Waals surface area contributed by atoms with Gasteiger partial charge < -0.3 is 10.0 Å². The predicted molar refractivity (Wildman–Crippen MR) is 66.8 cm³/mol. The molecular weight excluding hydrogens is 238 g/mol. The van der Waals surface area contributed by atoms with Gasteiger partial charge in [-0.2, -0.15) is 0 Å². The standard InChI is InChI=1S/C11H15N3O2S/c1-2-17-11-12-7-8(10(15)16)9(13-11)14-5-3-4-6-14/h7H,2-6H2,1H3,(H,15,16). The summed E-state index contributed by atoms with van der Waals surface area (Å²) >= 11 is 1.53. The Morgan fingerprint density at radius 2 is 2.24 bits per heavy atom. The molecule has 1 aromatic heterocycles. The van der Waals surface area contributed by atoms with Crippen molar-refractivity contribution in [2.45, 2.75) is 24.9 Å². The van der Waals surface area contributed by atoms with E-state index in [2.05, 4.69) is 9.97 Å². The first-order chi connectivity index (χ1) is 8.22. The maximum absolute atomic E-state index is 11.1. The molecule has 0 bridgehead atoms. The second-order valence-corrected chi connectivity index (χ2v) is 5.05. The molecule has 0 amide bonds. The summed E-state index contributed by atoms with van der Waals surface area (Å²) < 4.78 is 0. The lowest BCUT2D eigenvalue weighted by atomic mass is 10.3. The molecule has 0 saturated carbocycles. The summed E-state index contributed by atoms with van der Waals surface area (Å²) in [6.45, 7) is 3.79. The minimum absolute atomic E-state index is 0.201. The molecule has 0 unspecified atom stereocenters. The van der Waals surface area contributed by atoms with Crippen LogP contribution in [-0.4, -0.2) is 39.9 Å². The molecule has 2 heterocycles. The Morgan fingerprint density at radius 1 is 1.53 bits per heavy atom. The number of anilines is 1. The molecule has 1 saturated heterocycles. The molecule has 1 aliphatic rings. The lowest BCUT2D eigenvalue weighted by Crippen LogP contribution is -2.22. The van der Waals surface area contributed by atoms with Crippen LogP contribution in [0.1, 0.15) is 30.1 Å². The second-order valence-electron chi connectivity index (χ2n) is 3.82. The van der Waals surface area contributed by atoms with Crippen molar-refractivity contribution in [3.05, 3.63) is 11.8 Å². The number of aromatic carboxylic acids is 1. The van der Waals surface area contributed by atoms with Gasteiger partial charge in [-0.15, -0.1) is 0 Å². The summed E-state index contributed by atoms with van der Waals surface area (Å²) in [5.74, 6) is 0.493. The number of carboxylic acid groups (broad SMARTS) is 1. The van der Waals surface area contributed by atoms with Gasteiger partial charge in [0.15, 0.2) is 5.16 Å². The van der Waals surface area contributed by atoms with Crippen molar-refractivity contribution in [1.82, 2.24) is 9.97 Å². The summed E-state index contributed by atoms with van der Waals surface area (Å²) in [5, 5.41) is 9.79. The third kappa shape index (κ3) is 2.69. The van der Waals surface area contributed by atoms with E-state index >= 15 is 0 Å². The zero-order valence-corrected chi connectivity index (χ0v) is 10.5. The van der Waals surface area contributed by atoms with Crippen LogP contribution in [0.15, 0.2) is 11.4 Å². The van der Waals surface area contributed by atoms with Crippen LogP contribution in [0.5, 0.6) is 0 Å². The number of hydrogen-bond donors (Lipinski definition) is 1. The SMILES string of the molecule is CCSc1ncc(C(=O)O)c(N2CCCC2)n1. The Morgan fingerprint density at radius 3 is 2.82 bits per heavy atom. The van der Waals surface area contributed by atoms with Gasteiger partial charge in [-0.3, -0.25) is 0 Å². The fraction of sp³-hybridized carbons (Fsp3) is 0.545. The van der Waals surface area contributed by atoms with Crippen molar-refractivity contribution >= 4 is 23.5 Å². The highest BCUT2D eigenvalue weighted by Gasteiger charge is 2.21. The number of rotatable bonds is 4. The van der Waals surface area contributed by atoms with Crippen LogP contribution in [0.3, 0.4) is 0 Å². The van der Waals surface area contributed by atoms with Gasteiger partial charge in [-0.1, -0.05) is 18.7 Å². The Balaban J connectivity index is 2.35. The fourth-order valence-corrected chi connectivity index (χ4v) is 2.41. The topological polar surface area (TPSA) is 66.3 Å². The summed E-state index contributed by atoms with van der Waals surface area (Å²) in [4.78, 5) is 21.6. The molecular formula is C11H15N3O2S. The van der Waals surface area contributed by atoms with Crippen LogP contribution in [0.4, 0.5) is 5.82 Å². The Hall–Kier alpha value is -1.30. The molecule has 0 atom stereocenters. The van der Waals surface area contributed by atoms with Crippen LogP contribution in [0.2, 0.25) is 0 Å². The van der Waals surface area contributed by atoms with E-state index in [0.717, 1.165) is 31.7 Å². The van der Waals surface area contributed by atoms with Gasteiger partial charge in [-0.05, 0) is 18.6 Å². The van der Waals surface area contributed by atoms with Crippen LogP contribution >= 0.6 is 11.8 Å². The lowest BCUT2D eigenvalue weighted by Gasteiger charge is -2.18. The zero-order valence-electron chi connectivity index (χ0n) is 9.72. The van der Waals surface area contributed by atoms with E-state index in [-0.39, 0.29) is 5.56 Å². The van der Waals surface area contributed by atoms with Gasteiger partial charge in [-0.25, -0.2) is 14.8 Å². The van der Waals surface area contributed by atoms with Crippen molar-refractivity contribution in [1.29, 1.82) is 0 Å². The number of carbonyl (C=O) groups is 1. The first kappa shape index (κ1) is 12.2. The summed E-state index contributed by atoms with van der Waals surface area (Å²) in [6.07, 6.45) is 3.61. The first-order valence-corrected chi connectivity index (χ1v) is 6.69. The molecule has 0 aromatic carbocycles. The Bertz CT molecular complexity index is 419. The van der Waals surface area contributed by atoms with Gasteiger partial charge in [0, 0.05) is 19.3 Å². The quantitative estimate of drug-likeness (QED) is 0.653. The summed E-state index contributed by atoms with van der Waals surface area (Å²) in [7, 11) is 0. The average molecular weight is 253 g/mol. The normalized spacial score (nSPS) is 15.2. The van der Waals surface area contributed by atoms with Crippen LogP contribution in [-0.2, 0) is 0 Å². The number of thioether (sulfide) groups is 1. The number of carboxylic acids is 1. The third-order valence-corrected chi connectivity index (χ3v) is 3.40. The molecule has 1 aromatic rings. The largest absolute Gasteiger partial charge is 0.477 e. The van der Waals surface area contributed by atoms with Gasteiger partial charge in [0.1, 0.15) is 11.4 Å². The van der Waals surface area contributed by atoms with Crippen molar-refractivity contribution in [2.75, 3.05) is 23.7 Å². The zero-order chi connectivity index (χ0) is 12.3. The second kappa shape index (κ2) is 5.35. The van der Waals surface area contributed by atoms with Crippen LogP contribution < -0.4 is 4.90 Å². The molecule has 17 heavy (non-hydrogen) atoms. The number of aromatic nitrogens is 2. The van der Waals surface area contributed by atoms with Gasteiger partial charge in [0.2, 0.25) is 0 Å². The van der Waals surface area contributed by atoms with Crippen LogP contribution in [0, 0.1) is 0 Å². The van der Waals surface area contributed by atoms with Crippen molar-refractivity contribution in [3.8, 4) is 0 Å². The number of hydrogen-bond acceptors (Lipinski definition) is 5. The van der Waals surface area contributed by atoms with E-state index in [0.29, 0.717) is 11.0 Å². The molecule has 6 heteroatoms. The summed E-state index contributed by atoms with van der Waals surface area (Å²) in [6, 6.07) is 0. The fourth-order valence-electron chi connectivity index (χ4n) is 1.88. The Kier molecular flexibility index (Phi) is 3.83. The average Bonchev–Trinajstić information content (AvgIpc) is 2.82. The van der Waals surface area contributed by atoms with E-state index in [1.165, 1.54) is 18.0 Å². The molecule has 1 fully saturated rings. The van der Waals surface area contributed by atoms with Gasteiger partial charge >= 0.3 is 5.97 Å². The molecule has 92 valence electrons. The third-order valence-electron chi connectivity index (χ3n) is 2.66. The molecule has 0 aliphatic carbocycles. The predicted octanol–water partition coefficient (Wildman–Crippen LogP) is 1.89. The van der Waals surface area contributed by atoms with Crippen molar-refractivity contribution < 1.29 is 9.90 Å². The minimum Gasteiger partial charge on any atom is -0.477 e.